The van der Waals surface area contributed by atoms with Crippen LogP contribution < -0.4 is 5.73 Å². The molecular formula is C16H15BrN2O3. The Balaban J connectivity index is 2.27. The van der Waals surface area contributed by atoms with Crippen molar-refractivity contribution in [3.8, 4) is 0 Å². The molecule has 114 valence electrons. The van der Waals surface area contributed by atoms with Crippen LogP contribution in [0.4, 0.5) is 0 Å². The molecule has 3 aromatic rings. The van der Waals surface area contributed by atoms with Gasteiger partial charge < -0.3 is 20.9 Å². The Morgan fingerprint density at radius 3 is 2.77 bits per heavy atom. The zero-order chi connectivity index (χ0) is 15.9. The number of amides is 1. The molecule has 1 aromatic heterocycles. The van der Waals surface area contributed by atoms with E-state index >= 15 is 0 Å². The molecule has 5 N–H and O–H groups in total. The number of aliphatic hydroxyl groups is 2. The maximum absolute atomic E-state index is 11.2. The highest BCUT2D eigenvalue weighted by molar-refractivity contribution is 9.10. The predicted octanol–water partition coefficient (Wildman–Crippen LogP) is 2.14. The summed E-state index contributed by atoms with van der Waals surface area (Å²) in [5.41, 5.74) is 8.44. The van der Waals surface area contributed by atoms with Gasteiger partial charge in [-0.3, -0.25) is 4.79 Å². The molecule has 0 bridgehead atoms. The lowest BCUT2D eigenvalue weighted by Gasteiger charge is -2.06. The van der Waals surface area contributed by atoms with Gasteiger partial charge in [0, 0.05) is 20.8 Å². The first-order chi connectivity index (χ1) is 10.5. The van der Waals surface area contributed by atoms with Crippen molar-refractivity contribution in [1.29, 1.82) is 0 Å². The average Bonchev–Trinajstić information content (AvgIpc) is 2.88. The number of nitrogens with two attached hydrogens (primary N) is 1. The SMILES string of the molecule is NC(=O)Cc1ccc(Br)c2c1[nH]c1cc(C(O)CO)ccc12. The van der Waals surface area contributed by atoms with Gasteiger partial charge >= 0.3 is 0 Å². The zero-order valence-corrected chi connectivity index (χ0v) is 13.2. The van der Waals surface area contributed by atoms with Gasteiger partial charge in [-0.2, -0.15) is 0 Å². The van der Waals surface area contributed by atoms with E-state index in [9.17, 15) is 9.90 Å². The van der Waals surface area contributed by atoms with Crippen LogP contribution in [0, 0.1) is 0 Å². The second kappa shape index (κ2) is 5.72. The summed E-state index contributed by atoms with van der Waals surface area (Å²) >= 11 is 3.53. The van der Waals surface area contributed by atoms with Gasteiger partial charge in [-0.05, 0) is 23.3 Å². The number of hydrogen-bond donors (Lipinski definition) is 4. The molecule has 0 fully saturated rings. The van der Waals surface area contributed by atoms with Crippen LogP contribution in [0.5, 0.6) is 0 Å². The number of carbonyl (C=O) groups is 1. The third kappa shape index (κ3) is 2.49. The number of aliphatic hydroxyl groups excluding tert-OH is 2. The Morgan fingerprint density at radius 1 is 1.32 bits per heavy atom. The number of H-pyrrole nitrogens is 1. The van der Waals surface area contributed by atoms with Gasteiger partial charge in [0.1, 0.15) is 6.10 Å². The van der Waals surface area contributed by atoms with E-state index in [1.54, 1.807) is 12.1 Å². The average molecular weight is 363 g/mol. The van der Waals surface area contributed by atoms with Gasteiger partial charge in [0.25, 0.3) is 0 Å². The molecule has 0 aliphatic carbocycles. The molecule has 1 atom stereocenters. The Labute approximate surface area is 134 Å². The van der Waals surface area contributed by atoms with E-state index in [1.807, 2.05) is 18.2 Å². The summed E-state index contributed by atoms with van der Waals surface area (Å²) in [5.74, 6) is -0.390. The highest BCUT2D eigenvalue weighted by Crippen LogP contribution is 2.35. The molecule has 0 radical (unpaired) electrons. The Bertz CT molecular complexity index is 873. The van der Waals surface area contributed by atoms with Crippen LogP contribution in [0.2, 0.25) is 0 Å². The molecule has 22 heavy (non-hydrogen) atoms. The van der Waals surface area contributed by atoms with Crippen LogP contribution in [0.3, 0.4) is 0 Å². The van der Waals surface area contributed by atoms with Crippen molar-refractivity contribution >= 4 is 43.6 Å². The number of fused-ring (bicyclic) bond motifs is 3. The van der Waals surface area contributed by atoms with E-state index < -0.39 is 12.0 Å². The van der Waals surface area contributed by atoms with Gasteiger partial charge in [-0.1, -0.05) is 34.1 Å². The van der Waals surface area contributed by atoms with Gasteiger partial charge in [-0.25, -0.2) is 0 Å². The van der Waals surface area contributed by atoms with Crippen LogP contribution in [0.15, 0.2) is 34.8 Å². The predicted molar refractivity (Wildman–Crippen MR) is 88.4 cm³/mol. The standard InChI is InChI=1S/C16H15BrN2O3/c17-11-4-2-9(6-14(18)22)16-15(11)10-3-1-8(13(21)7-20)5-12(10)19-16/h1-5,13,19-21H,6-7H2,(H2,18,22). The lowest BCUT2D eigenvalue weighted by molar-refractivity contribution is -0.117. The van der Waals surface area contributed by atoms with E-state index in [0.717, 1.165) is 31.8 Å². The van der Waals surface area contributed by atoms with Crippen molar-refractivity contribution in [2.75, 3.05) is 6.61 Å². The number of nitrogens with one attached hydrogen (secondary N) is 1. The number of primary amides is 1. The van der Waals surface area contributed by atoms with E-state index in [2.05, 4.69) is 20.9 Å². The Kier molecular flexibility index (Phi) is 3.90. The number of aromatic amines is 1. The summed E-state index contributed by atoms with van der Waals surface area (Å²) in [4.78, 5) is 14.5. The Hall–Kier alpha value is -1.89. The normalized spacial score (nSPS) is 12.9. The quantitative estimate of drug-likeness (QED) is 0.572. The van der Waals surface area contributed by atoms with Gasteiger partial charge in [0.2, 0.25) is 5.91 Å². The largest absolute Gasteiger partial charge is 0.393 e. The van der Waals surface area contributed by atoms with Crippen LogP contribution in [0.1, 0.15) is 17.2 Å². The summed E-state index contributed by atoms with van der Waals surface area (Å²) < 4.78 is 0.914. The minimum atomic E-state index is -0.913. The van der Waals surface area contributed by atoms with Crippen molar-refractivity contribution in [1.82, 2.24) is 4.98 Å². The summed E-state index contributed by atoms with van der Waals surface area (Å²) in [6.45, 7) is -0.331. The van der Waals surface area contributed by atoms with Crippen molar-refractivity contribution in [3.05, 3.63) is 45.9 Å². The minimum absolute atomic E-state index is 0.155. The molecule has 6 heteroatoms. The fourth-order valence-electron chi connectivity index (χ4n) is 2.69. The van der Waals surface area contributed by atoms with Crippen LogP contribution >= 0.6 is 15.9 Å². The summed E-state index contributed by atoms with van der Waals surface area (Å²) in [6.07, 6.45) is -0.757. The first kappa shape index (κ1) is 15.0. The number of aromatic nitrogens is 1. The second-order valence-corrected chi connectivity index (χ2v) is 6.08. The van der Waals surface area contributed by atoms with Gasteiger partial charge in [-0.15, -0.1) is 0 Å². The number of carbonyl (C=O) groups excluding carboxylic acids is 1. The van der Waals surface area contributed by atoms with Gasteiger partial charge in [0.15, 0.2) is 0 Å². The lowest BCUT2D eigenvalue weighted by Crippen LogP contribution is -2.13. The van der Waals surface area contributed by atoms with Crippen molar-refractivity contribution < 1.29 is 15.0 Å². The summed E-state index contributed by atoms with van der Waals surface area (Å²) in [5, 5.41) is 20.8. The zero-order valence-electron chi connectivity index (χ0n) is 11.6. The maximum Gasteiger partial charge on any atom is 0.221 e. The molecule has 0 aliphatic rings. The highest BCUT2D eigenvalue weighted by Gasteiger charge is 2.14. The molecule has 2 aromatic carbocycles. The molecule has 5 nitrogen and oxygen atoms in total. The molecule has 3 rings (SSSR count). The number of halogens is 1. The molecule has 0 spiro atoms. The summed E-state index contributed by atoms with van der Waals surface area (Å²) in [6, 6.07) is 9.22. The van der Waals surface area contributed by atoms with E-state index in [0.29, 0.717) is 5.56 Å². The van der Waals surface area contributed by atoms with Crippen LogP contribution in [-0.4, -0.2) is 27.7 Å². The van der Waals surface area contributed by atoms with Crippen molar-refractivity contribution in [2.45, 2.75) is 12.5 Å². The number of rotatable bonds is 4. The van der Waals surface area contributed by atoms with Crippen LogP contribution in [-0.2, 0) is 11.2 Å². The molecule has 0 aliphatic heterocycles. The fraction of sp³-hybridized carbons (Fsp3) is 0.188. The first-order valence-electron chi connectivity index (χ1n) is 6.81. The smallest absolute Gasteiger partial charge is 0.221 e. The highest BCUT2D eigenvalue weighted by atomic mass is 79.9. The Morgan fingerprint density at radius 2 is 2.09 bits per heavy atom. The van der Waals surface area contributed by atoms with Crippen molar-refractivity contribution in [2.24, 2.45) is 5.73 Å². The fourth-order valence-corrected chi connectivity index (χ4v) is 3.24. The topological polar surface area (TPSA) is 99.3 Å². The molecule has 0 saturated carbocycles. The first-order valence-corrected chi connectivity index (χ1v) is 7.60. The molecular weight excluding hydrogens is 348 g/mol. The van der Waals surface area contributed by atoms with E-state index in [-0.39, 0.29) is 13.0 Å². The number of hydrogen-bond acceptors (Lipinski definition) is 3. The summed E-state index contributed by atoms with van der Waals surface area (Å²) in [7, 11) is 0. The molecule has 1 unspecified atom stereocenters. The molecule has 1 heterocycles. The third-order valence-corrected chi connectivity index (χ3v) is 4.40. The minimum Gasteiger partial charge on any atom is -0.393 e. The van der Waals surface area contributed by atoms with Gasteiger partial charge in [0.05, 0.1) is 18.5 Å². The maximum atomic E-state index is 11.2. The molecule has 1 amide bonds. The molecule has 0 saturated heterocycles. The van der Waals surface area contributed by atoms with Crippen LogP contribution in [0.25, 0.3) is 21.8 Å². The monoisotopic (exact) mass is 362 g/mol. The van der Waals surface area contributed by atoms with E-state index in [1.165, 1.54) is 0 Å². The third-order valence-electron chi connectivity index (χ3n) is 3.74. The second-order valence-electron chi connectivity index (χ2n) is 5.23. The van der Waals surface area contributed by atoms with Crippen molar-refractivity contribution in [3.63, 3.8) is 0 Å². The number of benzene rings is 2. The lowest BCUT2D eigenvalue weighted by atomic mass is 10.0. The van der Waals surface area contributed by atoms with E-state index in [4.69, 9.17) is 10.8 Å².